The van der Waals surface area contributed by atoms with E-state index in [9.17, 15) is 15.0 Å². The molecule has 0 radical (unpaired) electrons. The van der Waals surface area contributed by atoms with Gasteiger partial charge in [0.15, 0.2) is 6.29 Å². The Balaban J connectivity index is 1.08. The van der Waals surface area contributed by atoms with Crippen LogP contribution in [0, 0.1) is 5.92 Å². The van der Waals surface area contributed by atoms with Gasteiger partial charge in [-0.1, -0.05) is 91.9 Å². The van der Waals surface area contributed by atoms with E-state index in [1.165, 1.54) is 6.20 Å². The van der Waals surface area contributed by atoms with Crippen molar-refractivity contribution in [1.82, 2.24) is 20.2 Å². The molecule has 9 nitrogen and oxygen atoms in total. The molecule has 0 bridgehead atoms. The van der Waals surface area contributed by atoms with Crippen molar-refractivity contribution in [3.63, 3.8) is 0 Å². The Morgan fingerprint density at radius 1 is 0.917 bits per heavy atom. The minimum absolute atomic E-state index is 0.00596. The lowest BCUT2D eigenvalue weighted by Crippen LogP contribution is -2.44. The molecular weight excluding hydrogens is 604 g/mol. The number of carbonyl (C=O) groups excluding carboxylic acids is 1. The smallest absolute Gasteiger partial charge is 0.271 e. The molecule has 0 aliphatic carbocycles. The monoisotopic (exact) mass is 644 g/mol. The Bertz CT molecular complexity index is 1870. The highest BCUT2D eigenvalue weighted by atomic mass is 16.7. The van der Waals surface area contributed by atoms with Gasteiger partial charge < -0.3 is 25.0 Å². The highest BCUT2D eigenvalue weighted by molar-refractivity contribution is 5.93. The quantitative estimate of drug-likeness (QED) is 0.191. The second kappa shape index (κ2) is 14.3. The molecule has 7 rings (SSSR count). The summed E-state index contributed by atoms with van der Waals surface area (Å²) >= 11 is 0. The molecule has 3 heterocycles. The van der Waals surface area contributed by atoms with Crippen molar-refractivity contribution in [1.29, 1.82) is 0 Å². The number of likely N-dealkylation sites (tertiary alicyclic amines) is 1. The van der Waals surface area contributed by atoms with Gasteiger partial charge in [0.1, 0.15) is 5.69 Å². The fourth-order valence-corrected chi connectivity index (χ4v) is 6.67. The second-order valence-electron chi connectivity index (χ2n) is 12.7. The number of fused-ring (bicyclic) bond motifs is 1. The van der Waals surface area contributed by atoms with Gasteiger partial charge in [-0.15, -0.1) is 0 Å². The molecule has 5 aromatic rings. The first-order valence-electron chi connectivity index (χ1n) is 16.5. The van der Waals surface area contributed by atoms with Crippen molar-refractivity contribution in [3.8, 4) is 11.1 Å². The predicted molar refractivity (Wildman–Crippen MR) is 183 cm³/mol. The molecule has 3 N–H and O–H groups in total. The van der Waals surface area contributed by atoms with Gasteiger partial charge in [0.05, 0.1) is 42.1 Å². The maximum Gasteiger partial charge on any atom is 0.271 e. The zero-order valence-corrected chi connectivity index (χ0v) is 26.9. The van der Waals surface area contributed by atoms with Gasteiger partial charge in [-0.05, 0) is 46.4 Å². The summed E-state index contributed by atoms with van der Waals surface area (Å²) in [4.78, 5) is 24.1. The molecule has 0 spiro atoms. The number of β-amino-alcohol motifs (C(OH)–C–C–N with tert-alkyl or cyclic N) is 1. The van der Waals surface area contributed by atoms with Crippen LogP contribution in [0.1, 0.15) is 58.5 Å². The Hall–Kier alpha value is -4.51. The van der Waals surface area contributed by atoms with Crippen LogP contribution in [-0.4, -0.2) is 62.8 Å². The minimum atomic E-state index is -0.576. The summed E-state index contributed by atoms with van der Waals surface area (Å²) in [5, 5.41) is 22.7. The zero-order chi connectivity index (χ0) is 33.0. The first kappa shape index (κ1) is 32.1. The molecule has 0 unspecified atom stereocenters. The molecular formula is C39H40N4O5. The van der Waals surface area contributed by atoms with Gasteiger partial charge in [-0.2, -0.15) is 0 Å². The standard InChI is InChI=1S/C39H40N4O5/c1-25-36(23-43-19-18-31(45)22-43)47-39(48-37(25)28-12-10-26(24-44)11-13-28)29-16-14-27(15-17-29)32-7-3-2-6-30(32)20-41-38(46)35-21-40-33-8-4-5-9-34(33)42-35/h2-17,21,25,31,36-37,39,44-45H,18-20,22-24H2,1H3,(H,41,46)/t25-,31-,36+,37+,39+/m0/s1. The maximum absolute atomic E-state index is 13.0. The summed E-state index contributed by atoms with van der Waals surface area (Å²) in [6, 6.07) is 31.6. The molecule has 48 heavy (non-hydrogen) atoms. The van der Waals surface area contributed by atoms with E-state index < -0.39 is 6.29 Å². The van der Waals surface area contributed by atoms with Gasteiger partial charge >= 0.3 is 0 Å². The van der Waals surface area contributed by atoms with Crippen LogP contribution in [0.4, 0.5) is 0 Å². The number of amides is 1. The molecule has 1 aromatic heterocycles. The van der Waals surface area contributed by atoms with Crippen molar-refractivity contribution in [3.05, 3.63) is 131 Å². The van der Waals surface area contributed by atoms with Gasteiger partial charge in [0, 0.05) is 37.7 Å². The Morgan fingerprint density at radius 3 is 2.40 bits per heavy atom. The number of carbonyl (C=O) groups is 1. The van der Waals surface area contributed by atoms with Crippen LogP contribution in [0.5, 0.6) is 0 Å². The molecule has 0 saturated carbocycles. The van der Waals surface area contributed by atoms with Crippen molar-refractivity contribution >= 4 is 16.9 Å². The lowest BCUT2D eigenvalue weighted by molar-refractivity contribution is -0.276. The number of aliphatic hydroxyl groups is 2. The largest absolute Gasteiger partial charge is 0.392 e. The average Bonchev–Trinajstić information content (AvgIpc) is 3.55. The molecule has 9 heteroatoms. The van der Waals surface area contributed by atoms with E-state index in [2.05, 4.69) is 39.2 Å². The number of hydrogen-bond donors (Lipinski definition) is 3. The number of nitrogens with one attached hydrogen (secondary N) is 1. The topological polar surface area (TPSA) is 117 Å². The van der Waals surface area contributed by atoms with E-state index in [0.717, 1.165) is 51.9 Å². The second-order valence-corrected chi connectivity index (χ2v) is 12.7. The van der Waals surface area contributed by atoms with Gasteiger partial charge in [0.2, 0.25) is 0 Å². The zero-order valence-electron chi connectivity index (χ0n) is 26.9. The molecule has 2 saturated heterocycles. The SMILES string of the molecule is C[C@H]1[C@@H](CN2CC[C@H](O)C2)O[C@@H](c2ccc(-c3ccccc3CNC(=O)c3cnc4ccccc4n3)cc2)O[C@H]1c1ccc(CO)cc1. The number of aromatic nitrogens is 2. The Kier molecular flexibility index (Phi) is 9.56. The van der Waals surface area contributed by atoms with E-state index in [1.807, 2.05) is 84.9 Å². The molecule has 246 valence electrons. The average molecular weight is 645 g/mol. The molecule has 2 aliphatic rings. The fraction of sp³-hybridized carbons (Fsp3) is 0.308. The van der Waals surface area contributed by atoms with Crippen LogP contribution >= 0.6 is 0 Å². The highest BCUT2D eigenvalue weighted by Gasteiger charge is 2.40. The summed E-state index contributed by atoms with van der Waals surface area (Å²) in [6.45, 7) is 4.70. The molecule has 4 aromatic carbocycles. The lowest BCUT2D eigenvalue weighted by Gasteiger charge is -2.42. The third-order valence-electron chi connectivity index (χ3n) is 9.44. The summed E-state index contributed by atoms with van der Waals surface area (Å²) in [5.41, 5.74) is 7.52. The molecule has 5 atom stereocenters. The summed E-state index contributed by atoms with van der Waals surface area (Å²) < 4.78 is 13.3. The Morgan fingerprint density at radius 2 is 1.65 bits per heavy atom. The van der Waals surface area contributed by atoms with Crippen LogP contribution in [0.2, 0.25) is 0 Å². The van der Waals surface area contributed by atoms with Crippen molar-refractivity contribution in [2.75, 3.05) is 19.6 Å². The third kappa shape index (κ3) is 7.01. The van der Waals surface area contributed by atoms with Crippen LogP contribution in [0.3, 0.4) is 0 Å². The van der Waals surface area contributed by atoms with E-state index in [-0.39, 0.29) is 42.4 Å². The number of benzene rings is 4. The number of rotatable bonds is 9. The number of ether oxygens (including phenoxy) is 2. The van der Waals surface area contributed by atoms with Crippen LogP contribution < -0.4 is 5.32 Å². The van der Waals surface area contributed by atoms with E-state index in [0.29, 0.717) is 25.2 Å². The van der Waals surface area contributed by atoms with E-state index in [4.69, 9.17) is 9.47 Å². The van der Waals surface area contributed by atoms with Crippen molar-refractivity contribution in [2.45, 2.75) is 51.1 Å². The summed E-state index contributed by atoms with van der Waals surface area (Å²) in [7, 11) is 0. The number of hydrogen-bond acceptors (Lipinski definition) is 8. The van der Waals surface area contributed by atoms with Crippen molar-refractivity contribution in [2.24, 2.45) is 5.92 Å². The normalized spacial score (nSPS) is 22.9. The third-order valence-corrected chi connectivity index (χ3v) is 9.44. The van der Waals surface area contributed by atoms with Crippen LogP contribution in [0.25, 0.3) is 22.2 Å². The maximum atomic E-state index is 13.0. The molecule has 1 amide bonds. The van der Waals surface area contributed by atoms with Crippen LogP contribution in [-0.2, 0) is 22.6 Å². The number of nitrogens with zero attached hydrogens (tertiary/aromatic N) is 3. The summed E-state index contributed by atoms with van der Waals surface area (Å²) in [5.74, 6) is -0.210. The first-order valence-corrected chi connectivity index (χ1v) is 16.5. The highest BCUT2D eigenvalue weighted by Crippen LogP contribution is 2.42. The van der Waals surface area contributed by atoms with E-state index >= 15 is 0 Å². The van der Waals surface area contributed by atoms with Gasteiger partial charge in [-0.3, -0.25) is 14.7 Å². The first-order chi connectivity index (χ1) is 23.4. The molecule has 2 aliphatic heterocycles. The predicted octanol–water partition coefficient (Wildman–Crippen LogP) is 5.58. The van der Waals surface area contributed by atoms with Gasteiger partial charge in [-0.25, -0.2) is 4.98 Å². The van der Waals surface area contributed by atoms with E-state index in [1.54, 1.807) is 0 Å². The summed E-state index contributed by atoms with van der Waals surface area (Å²) in [6.07, 6.45) is 1.10. The van der Waals surface area contributed by atoms with Crippen LogP contribution in [0.15, 0.2) is 103 Å². The van der Waals surface area contributed by atoms with Gasteiger partial charge in [0.25, 0.3) is 5.91 Å². The number of para-hydroxylation sites is 2. The lowest BCUT2D eigenvalue weighted by atomic mass is 9.90. The molecule has 2 fully saturated rings. The Labute approximate surface area is 280 Å². The van der Waals surface area contributed by atoms with Crippen molar-refractivity contribution < 1.29 is 24.5 Å². The minimum Gasteiger partial charge on any atom is -0.392 e. The fourth-order valence-electron chi connectivity index (χ4n) is 6.67. The number of aliphatic hydroxyl groups excluding tert-OH is 2.